The molecule has 0 spiro atoms. The number of nitrogens with zero attached hydrogens (tertiary/aromatic N) is 6. The number of aryl methyl sites for hydroxylation is 1. The van der Waals surface area contributed by atoms with E-state index in [0.717, 1.165) is 53.9 Å². The zero-order valence-electron chi connectivity index (χ0n) is 24.2. The summed E-state index contributed by atoms with van der Waals surface area (Å²) in [5.74, 6) is 0.583. The Balaban J connectivity index is 1.30. The summed E-state index contributed by atoms with van der Waals surface area (Å²) in [6.07, 6.45) is 6.33. The highest BCUT2D eigenvalue weighted by molar-refractivity contribution is 5.70. The Hall–Kier alpha value is -3.84. The third-order valence-corrected chi connectivity index (χ3v) is 8.88. The van der Waals surface area contributed by atoms with Crippen LogP contribution in [0.1, 0.15) is 67.5 Å². The van der Waals surface area contributed by atoms with Gasteiger partial charge < -0.3 is 9.84 Å². The minimum atomic E-state index is -0.752. The normalized spacial score (nSPS) is 21.4. The molecular weight excluding hydrogens is 528 g/mol. The Bertz CT molecular complexity index is 1640. The summed E-state index contributed by atoms with van der Waals surface area (Å²) in [6.45, 7) is 5.87. The molecule has 9 nitrogen and oxygen atoms in total. The van der Waals surface area contributed by atoms with Crippen molar-refractivity contribution in [1.82, 2.24) is 24.1 Å². The van der Waals surface area contributed by atoms with Crippen molar-refractivity contribution in [3.63, 3.8) is 0 Å². The van der Waals surface area contributed by atoms with E-state index in [1.807, 2.05) is 57.6 Å². The molecule has 218 valence electrons. The van der Waals surface area contributed by atoms with Crippen LogP contribution in [0.15, 0.2) is 59.7 Å². The molecule has 1 aliphatic carbocycles. The highest BCUT2D eigenvalue weighted by atomic mass is 16.5. The molecule has 0 bridgehead atoms. The summed E-state index contributed by atoms with van der Waals surface area (Å²) in [5, 5.41) is 25.5. The fraction of sp³-hybridized carbons (Fsp3) is 0.455. The number of benzene rings is 2. The number of hydrogen-bond acceptors (Lipinski definition) is 7. The number of rotatable bonds is 8. The smallest absolute Gasteiger partial charge is 0.259 e. The molecular formula is C33H38N6O3. The third kappa shape index (κ3) is 5.62. The molecule has 4 aromatic rings. The van der Waals surface area contributed by atoms with Crippen LogP contribution in [0.3, 0.4) is 0 Å². The van der Waals surface area contributed by atoms with E-state index in [1.54, 1.807) is 0 Å². The van der Waals surface area contributed by atoms with Crippen LogP contribution in [-0.4, -0.2) is 67.6 Å². The largest absolute Gasteiger partial charge is 0.389 e. The molecule has 3 heterocycles. The second kappa shape index (κ2) is 12.2. The van der Waals surface area contributed by atoms with Gasteiger partial charge in [-0.2, -0.15) is 15.3 Å². The Morgan fingerprint density at radius 3 is 2.55 bits per heavy atom. The predicted molar refractivity (Wildman–Crippen MR) is 160 cm³/mol. The molecule has 9 heteroatoms. The van der Waals surface area contributed by atoms with E-state index in [0.29, 0.717) is 63.2 Å². The first kappa shape index (κ1) is 28.3. The van der Waals surface area contributed by atoms with Crippen LogP contribution < -0.4 is 5.56 Å². The number of morpholine rings is 1. The molecule has 1 saturated heterocycles. The van der Waals surface area contributed by atoms with E-state index >= 15 is 0 Å². The van der Waals surface area contributed by atoms with Crippen molar-refractivity contribution >= 4 is 5.78 Å². The SMILES string of the molecule is CCCc1c(Cc2ccc(-c3ccccc3C#N)cc2)c(=O)n([C@H]2CC[C@](O)(CN3CCOCC3)CC2)c2ncnn12. The zero-order valence-corrected chi connectivity index (χ0v) is 24.2. The number of aromatic nitrogens is 4. The monoisotopic (exact) mass is 566 g/mol. The highest BCUT2D eigenvalue weighted by Gasteiger charge is 2.37. The molecule has 2 aliphatic rings. The van der Waals surface area contributed by atoms with Crippen LogP contribution in [0.2, 0.25) is 0 Å². The zero-order chi connectivity index (χ0) is 29.1. The third-order valence-electron chi connectivity index (χ3n) is 8.88. The topological polar surface area (TPSA) is 109 Å². The summed E-state index contributed by atoms with van der Waals surface area (Å²) >= 11 is 0. The van der Waals surface area contributed by atoms with Crippen molar-refractivity contribution in [3.8, 4) is 17.2 Å². The van der Waals surface area contributed by atoms with Crippen LogP contribution in [0.5, 0.6) is 0 Å². The maximum absolute atomic E-state index is 14.3. The minimum Gasteiger partial charge on any atom is -0.389 e. The van der Waals surface area contributed by atoms with E-state index in [2.05, 4.69) is 28.0 Å². The van der Waals surface area contributed by atoms with Crippen LogP contribution >= 0.6 is 0 Å². The lowest BCUT2D eigenvalue weighted by molar-refractivity contribution is -0.0569. The van der Waals surface area contributed by atoms with Gasteiger partial charge in [0, 0.05) is 37.7 Å². The molecule has 2 aromatic carbocycles. The van der Waals surface area contributed by atoms with Gasteiger partial charge in [0.15, 0.2) is 0 Å². The van der Waals surface area contributed by atoms with Crippen LogP contribution in [-0.2, 0) is 17.6 Å². The Morgan fingerprint density at radius 1 is 1.10 bits per heavy atom. The number of β-amino-alcohol motifs (C(OH)–C–C–N with tert-alkyl or cyclic N) is 1. The maximum atomic E-state index is 14.3. The molecule has 0 amide bonds. The summed E-state index contributed by atoms with van der Waals surface area (Å²) in [5.41, 5.74) is 4.42. The van der Waals surface area contributed by atoms with E-state index in [4.69, 9.17) is 4.74 Å². The molecule has 2 aromatic heterocycles. The lowest BCUT2D eigenvalue weighted by atomic mass is 9.81. The Morgan fingerprint density at radius 2 is 1.83 bits per heavy atom. The van der Waals surface area contributed by atoms with Crippen molar-refractivity contribution < 1.29 is 9.84 Å². The van der Waals surface area contributed by atoms with Gasteiger partial charge in [0.2, 0.25) is 5.78 Å². The minimum absolute atomic E-state index is 0.0125. The standard InChI is InChI=1S/C33H38N6O3/c1-2-5-30-29(20-24-8-10-25(11-9-24)28-7-4-3-6-26(28)21-34)31(40)38(32-35-23-36-39(30)32)27-12-14-33(41,15-13-27)22-37-16-18-42-19-17-37/h3-4,6-11,23,27,41H,2,5,12-20,22H2,1H3/t27-,33+. The van der Waals surface area contributed by atoms with Crippen molar-refractivity contribution in [2.24, 2.45) is 0 Å². The van der Waals surface area contributed by atoms with Crippen LogP contribution in [0.25, 0.3) is 16.9 Å². The number of nitriles is 1. The van der Waals surface area contributed by atoms with Crippen molar-refractivity contribution in [2.45, 2.75) is 63.5 Å². The van der Waals surface area contributed by atoms with Crippen LogP contribution in [0, 0.1) is 11.3 Å². The molecule has 2 fully saturated rings. The lowest BCUT2D eigenvalue weighted by Gasteiger charge is -2.40. The number of aliphatic hydroxyl groups is 1. The van der Waals surface area contributed by atoms with E-state index in [9.17, 15) is 15.2 Å². The maximum Gasteiger partial charge on any atom is 0.259 e. The molecule has 6 rings (SSSR count). The molecule has 0 radical (unpaired) electrons. The molecule has 0 atom stereocenters. The average Bonchev–Trinajstić information content (AvgIpc) is 3.50. The highest BCUT2D eigenvalue weighted by Crippen LogP contribution is 2.36. The fourth-order valence-electron chi connectivity index (χ4n) is 6.65. The predicted octanol–water partition coefficient (Wildman–Crippen LogP) is 4.15. The fourth-order valence-corrected chi connectivity index (χ4v) is 6.65. The number of hydrogen-bond donors (Lipinski definition) is 1. The lowest BCUT2D eigenvalue weighted by Crippen LogP contribution is -2.49. The van der Waals surface area contributed by atoms with Gasteiger partial charge in [-0.25, -0.2) is 4.52 Å². The number of fused-ring (bicyclic) bond motifs is 1. The van der Waals surface area contributed by atoms with Gasteiger partial charge in [0.05, 0.1) is 36.1 Å². The van der Waals surface area contributed by atoms with Gasteiger partial charge in [-0.05, 0) is 54.9 Å². The molecule has 1 aliphatic heterocycles. The Kier molecular flexibility index (Phi) is 8.20. The summed E-state index contributed by atoms with van der Waals surface area (Å²) in [7, 11) is 0. The van der Waals surface area contributed by atoms with Crippen molar-refractivity contribution in [3.05, 3.63) is 87.6 Å². The van der Waals surface area contributed by atoms with E-state index in [1.165, 1.54) is 6.33 Å². The van der Waals surface area contributed by atoms with Crippen molar-refractivity contribution in [2.75, 3.05) is 32.8 Å². The second-order valence-electron chi connectivity index (χ2n) is 11.7. The van der Waals surface area contributed by atoms with E-state index in [-0.39, 0.29) is 11.6 Å². The van der Waals surface area contributed by atoms with Gasteiger partial charge in [0.1, 0.15) is 6.33 Å². The first-order valence-corrected chi connectivity index (χ1v) is 15.1. The van der Waals surface area contributed by atoms with Crippen molar-refractivity contribution in [1.29, 1.82) is 5.26 Å². The first-order chi connectivity index (χ1) is 20.5. The van der Waals surface area contributed by atoms with E-state index < -0.39 is 5.60 Å². The summed E-state index contributed by atoms with van der Waals surface area (Å²) in [6, 6.07) is 17.9. The number of ether oxygens (including phenoxy) is 1. The molecule has 1 N–H and O–H groups in total. The quantitative estimate of drug-likeness (QED) is 0.341. The second-order valence-corrected chi connectivity index (χ2v) is 11.7. The van der Waals surface area contributed by atoms with Gasteiger partial charge in [0.25, 0.3) is 5.56 Å². The average molecular weight is 567 g/mol. The molecule has 0 unspecified atom stereocenters. The molecule has 42 heavy (non-hydrogen) atoms. The van der Waals surface area contributed by atoms with Gasteiger partial charge in [-0.3, -0.25) is 14.3 Å². The summed E-state index contributed by atoms with van der Waals surface area (Å²) in [4.78, 5) is 21.1. The van der Waals surface area contributed by atoms with Gasteiger partial charge >= 0.3 is 0 Å². The summed E-state index contributed by atoms with van der Waals surface area (Å²) < 4.78 is 9.17. The van der Waals surface area contributed by atoms with Gasteiger partial charge in [-0.15, -0.1) is 0 Å². The van der Waals surface area contributed by atoms with Crippen LogP contribution in [0.4, 0.5) is 0 Å². The molecule has 1 saturated carbocycles. The first-order valence-electron chi connectivity index (χ1n) is 15.1. The Labute approximate surface area is 246 Å². The van der Waals surface area contributed by atoms with Gasteiger partial charge in [-0.1, -0.05) is 55.8 Å².